The first-order valence-corrected chi connectivity index (χ1v) is 11.0. The maximum absolute atomic E-state index is 11.3. The van der Waals surface area contributed by atoms with E-state index in [4.69, 9.17) is 18.9 Å². The van der Waals surface area contributed by atoms with Crippen LogP contribution in [0.25, 0.3) is 0 Å². The van der Waals surface area contributed by atoms with Crippen molar-refractivity contribution in [3.63, 3.8) is 0 Å². The molecule has 1 N–H and O–H groups in total. The highest BCUT2D eigenvalue weighted by molar-refractivity contribution is 5.71. The van der Waals surface area contributed by atoms with Crippen molar-refractivity contribution in [3.05, 3.63) is 35.9 Å². The van der Waals surface area contributed by atoms with Crippen LogP contribution in [0.15, 0.2) is 30.3 Å². The van der Waals surface area contributed by atoms with Crippen LogP contribution in [0.2, 0.25) is 0 Å². The zero-order chi connectivity index (χ0) is 20.1. The Balaban J connectivity index is 1.12. The fourth-order valence-corrected chi connectivity index (χ4v) is 4.64. The summed E-state index contributed by atoms with van der Waals surface area (Å²) < 4.78 is 23.3. The van der Waals surface area contributed by atoms with Crippen molar-refractivity contribution in [1.29, 1.82) is 0 Å². The highest BCUT2D eigenvalue weighted by Crippen LogP contribution is 2.36. The summed E-state index contributed by atoms with van der Waals surface area (Å²) in [5.74, 6) is -0.116. The molecule has 160 valence electrons. The van der Waals surface area contributed by atoms with Crippen molar-refractivity contribution in [1.82, 2.24) is 0 Å². The number of hydrogen-bond acceptors (Lipinski definition) is 6. The second-order valence-electron chi connectivity index (χ2n) is 8.40. The number of cyclic esters (lactones) is 1. The Hall–Kier alpha value is -1.47. The number of carbonyl (C=O) groups is 1. The van der Waals surface area contributed by atoms with Crippen LogP contribution in [0.5, 0.6) is 0 Å². The van der Waals surface area contributed by atoms with Gasteiger partial charge in [-0.2, -0.15) is 0 Å². The number of esters is 1. The normalized spacial score (nSPS) is 33.1. The van der Waals surface area contributed by atoms with Crippen LogP contribution >= 0.6 is 0 Å². The lowest BCUT2D eigenvalue weighted by atomic mass is 10.0. The Morgan fingerprint density at radius 2 is 1.69 bits per heavy atom. The van der Waals surface area contributed by atoms with Gasteiger partial charge in [-0.15, -0.1) is 0 Å². The third kappa shape index (κ3) is 5.57. The molecule has 4 rings (SSSR count). The van der Waals surface area contributed by atoms with E-state index in [0.29, 0.717) is 26.1 Å². The minimum Gasteiger partial charge on any atom is -0.460 e. The fourth-order valence-electron chi connectivity index (χ4n) is 4.64. The Bertz CT molecular complexity index is 650. The molecule has 0 saturated carbocycles. The zero-order valence-corrected chi connectivity index (χ0v) is 16.9. The van der Waals surface area contributed by atoms with Gasteiger partial charge < -0.3 is 24.1 Å². The maximum Gasteiger partial charge on any atom is 0.306 e. The van der Waals surface area contributed by atoms with Gasteiger partial charge in [-0.25, -0.2) is 0 Å². The maximum atomic E-state index is 11.3. The van der Waals surface area contributed by atoms with Gasteiger partial charge in [-0.3, -0.25) is 4.79 Å². The standard InChI is InChI=1S/C23H32O6/c24-17(7-4-14-26-15-16-5-2-1-3-6-16)18-8-9-19(27-18)20-10-11-21(28-20)22-12-13-23(25)29-22/h1-3,5-6,17-22,24H,4,7-15H2/t17-,18-,19+,20+,21-,22-/m1/s1. The molecular formula is C23H32O6. The van der Waals surface area contributed by atoms with Gasteiger partial charge in [0.2, 0.25) is 0 Å². The quantitative estimate of drug-likeness (QED) is 0.503. The summed E-state index contributed by atoms with van der Waals surface area (Å²) in [7, 11) is 0. The minimum absolute atomic E-state index is 0.000729. The van der Waals surface area contributed by atoms with Gasteiger partial charge in [0.05, 0.1) is 37.1 Å². The van der Waals surface area contributed by atoms with E-state index in [-0.39, 0.29) is 36.5 Å². The fraction of sp³-hybridized carbons (Fsp3) is 0.696. The lowest BCUT2D eigenvalue weighted by Gasteiger charge is -2.24. The lowest BCUT2D eigenvalue weighted by molar-refractivity contribution is -0.149. The SMILES string of the molecule is O=C1CC[C@H]([C@H]2CC[C@@H]([C@@H]3CC[C@H]([C@H](O)CCCOCc4ccccc4)O3)O2)O1. The summed E-state index contributed by atoms with van der Waals surface area (Å²) in [4.78, 5) is 11.3. The summed E-state index contributed by atoms with van der Waals surface area (Å²) in [5.41, 5.74) is 1.16. The van der Waals surface area contributed by atoms with Crippen LogP contribution in [0.4, 0.5) is 0 Å². The monoisotopic (exact) mass is 404 g/mol. The molecule has 0 aliphatic carbocycles. The second-order valence-corrected chi connectivity index (χ2v) is 8.40. The molecule has 0 spiro atoms. The number of aliphatic hydroxyl groups is 1. The highest BCUT2D eigenvalue weighted by atomic mass is 16.6. The first-order valence-electron chi connectivity index (χ1n) is 11.0. The van der Waals surface area contributed by atoms with Gasteiger partial charge in [-0.1, -0.05) is 30.3 Å². The number of ether oxygens (including phenoxy) is 4. The molecule has 1 aromatic rings. The predicted molar refractivity (Wildman–Crippen MR) is 106 cm³/mol. The van der Waals surface area contributed by atoms with Crippen LogP contribution in [0.3, 0.4) is 0 Å². The van der Waals surface area contributed by atoms with E-state index >= 15 is 0 Å². The van der Waals surface area contributed by atoms with E-state index in [1.54, 1.807) is 0 Å². The van der Waals surface area contributed by atoms with E-state index in [9.17, 15) is 9.90 Å². The van der Waals surface area contributed by atoms with E-state index in [1.165, 1.54) is 0 Å². The smallest absolute Gasteiger partial charge is 0.306 e. The van der Waals surface area contributed by atoms with Crippen molar-refractivity contribution >= 4 is 5.97 Å². The third-order valence-electron chi connectivity index (χ3n) is 6.24. The number of carbonyl (C=O) groups excluding carboxylic acids is 1. The van der Waals surface area contributed by atoms with E-state index < -0.39 is 6.10 Å². The molecule has 3 heterocycles. The van der Waals surface area contributed by atoms with Crippen molar-refractivity contribution in [2.24, 2.45) is 0 Å². The molecule has 6 heteroatoms. The van der Waals surface area contributed by atoms with Crippen molar-refractivity contribution < 1.29 is 28.8 Å². The summed E-state index contributed by atoms with van der Waals surface area (Å²) >= 11 is 0. The Kier molecular flexibility index (Phi) is 7.19. The average Bonchev–Trinajstić information content (AvgIpc) is 3.48. The van der Waals surface area contributed by atoms with Gasteiger partial charge in [0.15, 0.2) is 0 Å². The first-order chi connectivity index (χ1) is 14.2. The molecule has 0 bridgehead atoms. The molecule has 3 fully saturated rings. The van der Waals surface area contributed by atoms with Crippen LogP contribution in [0.1, 0.15) is 56.9 Å². The third-order valence-corrected chi connectivity index (χ3v) is 6.24. The first kappa shape index (κ1) is 20.8. The molecule has 3 aliphatic heterocycles. The molecule has 1 aromatic carbocycles. The van der Waals surface area contributed by atoms with Gasteiger partial charge >= 0.3 is 5.97 Å². The van der Waals surface area contributed by atoms with E-state index in [0.717, 1.165) is 44.1 Å². The van der Waals surface area contributed by atoms with Crippen LogP contribution in [-0.2, 0) is 30.3 Å². The lowest BCUT2D eigenvalue weighted by Crippen LogP contribution is -2.33. The summed E-state index contributed by atoms with van der Waals surface area (Å²) in [6.45, 7) is 1.24. The van der Waals surface area contributed by atoms with E-state index in [2.05, 4.69) is 0 Å². The van der Waals surface area contributed by atoms with Gasteiger partial charge in [0.1, 0.15) is 6.10 Å². The molecular weight excluding hydrogens is 372 g/mol. The van der Waals surface area contributed by atoms with Crippen molar-refractivity contribution in [2.45, 2.75) is 94.6 Å². The number of aliphatic hydroxyl groups excluding tert-OH is 1. The highest BCUT2D eigenvalue weighted by Gasteiger charge is 2.43. The molecule has 0 aromatic heterocycles. The van der Waals surface area contributed by atoms with Crippen molar-refractivity contribution in [2.75, 3.05) is 6.61 Å². The van der Waals surface area contributed by atoms with Crippen LogP contribution in [-0.4, -0.2) is 54.3 Å². The molecule has 6 nitrogen and oxygen atoms in total. The zero-order valence-electron chi connectivity index (χ0n) is 16.9. The molecule has 3 saturated heterocycles. The molecule has 3 aliphatic rings. The predicted octanol–water partition coefficient (Wildman–Crippen LogP) is 3.15. The van der Waals surface area contributed by atoms with Gasteiger partial charge in [0.25, 0.3) is 0 Å². The molecule has 0 amide bonds. The van der Waals surface area contributed by atoms with Crippen LogP contribution < -0.4 is 0 Å². The average molecular weight is 405 g/mol. The Labute approximate surface area is 172 Å². The summed E-state index contributed by atoms with van der Waals surface area (Å²) in [6, 6.07) is 10.1. The topological polar surface area (TPSA) is 74.2 Å². The number of hydrogen-bond donors (Lipinski definition) is 1. The number of rotatable bonds is 9. The molecule has 29 heavy (non-hydrogen) atoms. The Morgan fingerprint density at radius 1 is 0.966 bits per heavy atom. The van der Waals surface area contributed by atoms with E-state index in [1.807, 2.05) is 30.3 Å². The summed E-state index contributed by atoms with van der Waals surface area (Å²) in [5, 5.41) is 10.5. The van der Waals surface area contributed by atoms with Gasteiger partial charge in [0, 0.05) is 13.0 Å². The second kappa shape index (κ2) is 10.0. The Morgan fingerprint density at radius 3 is 2.45 bits per heavy atom. The van der Waals surface area contributed by atoms with Crippen molar-refractivity contribution in [3.8, 4) is 0 Å². The summed E-state index contributed by atoms with van der Waals surface area (Å²) in [6.07, 6.45) is 5.76. The minimum atomic E-state index is -0.465. The largest absolute Gasteiger partial charge is 0.460 e. The van der Waals surface area contributed by atoms with Gasteiger partial charge in [-0.05, 0) is 50.5 Å². The molecule has 0 radical (unpaired) electrons. The number of benzene rings is 1. The molecule has 0 unspecified atom stereocenters. The molecule has 6 atom stereocenters. The van der Waals surface area contributed by atoms with Crippen LogP contribution in [0, 0.1) is 0 Å².